The van der Waals surface area contributed by atoms with E-state index in [1.807, 2.05) is 63.2 Å². The lowest BCUT2D eigenvalue weighted by atomic mass is 10.2. The summed E-state index contributed by atoms with van der Waals surface area (Å²) in [6, 6.07) is 17.1. The van der Waals surface area contributed by atoms with Crippen molar-refractivity contribution in [3.8, 4) is 11.4 Å². The Kier molecular flexibility index (Phi) is 6.44. The number of thioether (sulfide) groups is 1. The van der Waals surface area contributed by atoms with Crippen LogP contribution in [0.25, 0.3) is 11.8 Å². The molecule has 1 aliphatic heterocycles. The Morgan fingerprint density at radius 2 is 1.72 bits per heavy atom. The topological polar surface area (TPSA) is 51.5 Å². The molecule has 0 atom stereocenters. The molecule has 2 heterocycles. The molecule has 3 aromatic rings. The van der Waals surface area contributed by atoms with E-state index in [0.717, 1.165) is 45.7 Å². The van der Waals surface area contributed by atoms with Gasteiger partial charge in [0.05, 0.1) is 18.1 Å². The second kappa shape index (κ2) is 9.27. The molecule has 0 radical (unpaired) electrons. The molecular weight excluding hydrogens is 444 g/mol. The van der Waals surface area contributed by atoms with Crippen LogP contribution in [0.3, 0.4) is 0 Å². The average Bonchev–Trinajstić information content (AvgIpc) is 3.20. The lowest BCUT2D eigenvalue weighted by Crippen LogP contribution is -2.27. The lowest BCUT2D eigenvalue weighted by molar-refractivity contribution is -0.123. The Bertz CT molecular complexity index is 1200. The maximum Gasteiger partial charge on any atom is 0.293 e. The molecule has 1 aliphatic rings. The minimum absolute atomic E-state index is 0.227. The van der Waals surface area contributed by atoms with Crippen molar-refractivity contribution in [2.24, 2.45) is 0 Å². The molecular formula is C25H23ClN2O3S. The van der Waals surface area contributed by atoms with Crippen molar-refractivity contribution in [1.29, 1.82) is 0 Å². The van der Waals surface area contributed by atoms with Gasteiger partial charge in [-0.25, -0.2) is 0 Å². The van der Waals surface area contributed by atoms with Gasteiger partial charge < -0.3 is 9.30 Å². The summed E-state index contributed by atoms with van der Waals surface area (Å²) < 4.78 is 7.65. The number of aromatic nitrogens is 1. The molecule has 164 valence electrons. The van der Waals surface area contributed by atoms with Crippen LogP contribution in [0, 0.1) is 13.8 Å². The van der Waals surface area contributed by atoms with Crippen molar-refractivity contribution in [3.63, 3.8) is 0 Å². The maximum absolute atomic E-state index is 12.9. The van der Waals surface area contributed by atoms with E-state index in [-0.39, 0.29) is 17.7 Å². The Morgan fingerprint density at radius 1 is 1.03 bits per heavy atom. The molecule has 7 heteroatoms. The molecule has 2 aromatic carbocycles. The van der Waals surface area contributed by atoms with Crippen molar-refractivity contribution in [1.82, 2.24) is 9.47 Å². The highest BCUT2D eigenvalue weighted by atomic mass is 35.5. The summed E-state index contributed by atoms with van der Waals surface area (Å²) in [6.45, 7) is 6.83. The van der Waals surface area contributed by atoms with Gasteiger partial charge in [0.15, 0.2) is 0 Å². The number of benzene rings is 2. The number of imide groups is 1. The molecule has 0 aliphatic carbocycles. The van der Waals surface area contributed by atoms with Crippen molar-refractivity contribution in [2.75, 3.05) is 6.61 Å². The summed E-state index contributed by atoms with van der Waals surface area (Å²) in [7, 11) is 0. The number of carbonyl (C=O) groups excluding carboxylic acids is 2. The van der Waals surface area contributed by atoms with Crippen molar-refractivity contribution in [3.05, 3.63) is 87.0 Å². The molecule has 1 fully saturated rings. The summed E-state index contributed by atoms with van der Waals surface area (Å²) >= 11 is 6.90. The highest BCUT2D eigenvalue weighted by molar-refractivity contribution is 8.18. The number of rotatable bonds is 6. The van der Waals surface area contributed by atoms with Gasteiger partial charge in [-0.2, -0.15) is 0 Å². The molecule has 0 bridgehead atoms. The summed E-state index contributed by atoms with van der Waals surface area (Å²) in [5, 5.41) is 0.349. The average molecular weight is 467 g/mol. The standard InChI is InChI=1S/C25H23ClN2O3S/c1-4-31-22-11-9-21(10-12-22)28-16(2)13-19(17(28)3)14-23-24(29)27(25(30)32-23)15-18-5-7-20(26)8-6-18/h5-14H,4,15H2,1-3H3/b23-14-. The third-order valence-corrected chi connectivity index (χ3v) is 6.45. The van der Waals surface area contributed by atoms with Crippen LogP contribution in [-0.2, 0) is 11.3 Å². The zero-order chi connectivity index (χ0) is 22.8. The van der Waals surface area contributed by atoms with Gasteiger partial charge in [-0.3, -0.25) is 14.5 Å². The molecule has 2 amide bonds. The molecule has 32 heavy (non-hydrogen) atoms. The molecule has 0 N–H and O–H groups in total. The zero-order valence-electron chi connectivity index (χ0n) is 18.1. The SMILES string of the molecule is CCOc1ccc(-n2c(C)cc(/C=C3\SC(=O)N(Cc4ccc(Cl)cc4)C3=O)c2C)cc1. The van der Waals surface area contributed by atoms with Crippen LogP contribution in [0.15, 0.2) is 59.5 Å². The van der Waals surface area contributed by atoms with E-state index in [1.54, 1.807) is 18.2 Å². The highest BCUT2D eigenvalue weighted by Crippen LogP contribution is 2.35. The van der Waals surface area contributed by atoms with Gasteiger partial charge in [-0.05, 0) is 92.2 Å². The van der Waals surface area contributed by atoms with Gasteiger partial charge in [0, 0.05) is 22.1 Å². The van der Waals surface area contributed by atoms with Crippen LogP contribution < -0.4 is 4.74 Å². The number of hydrogen-bond donors (Lipinski definition) is 0. The van der Waals surface area contributed by atoms with E-state index in [1.165, 1.54) is 4.90 Å². The normalized spacial score (nSPS) is 15.1. The molecule has 1 aromatic heterocycles. The maximum atomic E-state index is 12.9. The molecule has 0 spiro atoms. The van der Waals surface area contributed by atoms with Crippen LogP contribution in [0.1, 0.15) is 29.4 Å². The van der Waals surface area contributed by atoms with Crippen molar-refractivity contribution < 1.29 is 14.3 Å². The van der Waals surface area contributed by atoms with Gasteiger partial charge >= 0.3 is 0 Å². The Labute approximate surface area is 196 Å². The first kappa shape index (κ1) is 22.2. The number of aryl methyl sites for hydroxylation is 1. The predicted molar refractivity (Wildman–Crippen MR) is 129 cm³/mol. The number of carbonyl (C=O) groups is 2. The fraction of sp³-hybridized carbons (Fsp3) is 0.200. The smallest absolute Gasteiger partial charge is 0.293 e. The zero-order valence-corrected chi connectivity index (χ0v) is 19.7. The molecule has 5 nitrogen and oxygen atoms in total. The third-order valence-electron chi connectivity index (χ3n) is 5.29. The summed E-state index contributed by atoms with van der Waals surface area (Å²) in [5.41, 5.74) is 4.81. The van der Waals surface area contributed by atoms with Gasteiger partial charge in [-0.1, -0.05) is 23.7 Å². The van der Waals surface area contributed by atoms with Crippen LogP contribution in [0.5, 0.6) is 5.75 Å². The molecule has 0 saturated carbocycles. The first-order valence-corrected chi connectivity index (χ1v) is 11.5. The first-order chi connectivity index (χ1) is 15.4. The van der Waals surface area contributed by atoms with E-state index in [0.29, 0.717) is 16.5 Å². The van der Waals surface area contributed by atoms with E-state index < -0.39 is 0 Å². The monoisotopic (exact) mass is 466 g/mol. The second-order valence-corrected chi connectivity index (χ2v) is 8.91. The number of halogens is 1. The van der Waals surface area contributed by atoms with E-state index in [2.05, 4.69) is 4.57 Å². The Morgan fingerprint density at radius 3 is 2.38 bits per heavy atom. The van der Waals surface area contributed by atoms with E-state index >= 15 is 0 Å². The summed E-state index contributed by atoms with van der Waals surface area (Å²) in [4.78, 5) is 27.1. The van der Waals surface area contributed by atoms with Gasteiger partial charge in [0.2, 0.25) is 0 Å². The third kappa shape index (κ3) is 4.47. The minimum Gasteiger partial charge on any atom is -0.494 e. The van der Waals surface area contributed by atoms with Crippen LogP contribution >= 0.6 is 23.4 Å². The van der Waals surface area contributed by atoms with E-state index in [9.17, 15) is 9.59 Å². The summed E-state index contributed by atoms with van der Waals surface area (Å²) in [6.07, 6.45) is 1.81. The Hall–Kier alpha value is -2.96. The number of hydrogen-bond acceptors (Lipinski definition) is 4. The molecule has 4 rings (SSSR count). The fourth-order valence-corrected chi connectivity index (χ4v) is 4.69. The Balaban J connectivity index is 1.58. The quantitative estimate of drug-likeness (QED) is 0.395. The van der Waals surface area contributed by atoms with Crippen molar-refractivity contribution >= 4 is 40.6 Å². The van der Waals surface area contributed by atoms with Crippen LogP contribution in [0.4, 0.5) is 4.79 Å². The fourth-order valence-electron chi connectivity index (χ4n) is 3.74. The van der Waals surface area contributed by atoms with Crippen LogP contribution in [-0.4, -0.2) is 27.2 Å². The number of amides is 2. The van der Waals surface area contributed by atoms with Gasteiger partial charge in [0.1, 0.15) is 5.75 Å². The molecule has 0 unspecified atom stereocenters. The van der Waals surface area contributed by atoms with Crippen molar-refractivity contribution in [2.45, 2.75) is 27.3 Å². The number of ether oxygens (including phenoxy) is 1. The summed E-state index contributed by atoms with van der Waals surface area (Å²) in [5.74, 6) is 0.550. The molecule has 1 saturated heterocycles. The first-order valence-electron chi connectivity index (χ1n) is 10.3. The van der Waals surface area contributed by atoms with Crippen LogP contribution in [0.2, 0.25) is 5.02 Å². The highest BCUT2D eigenvalue weighted by Gasteiger charge is 2.35. The van der Waals surface area contributed by atoms with Gasteiger partial charge in [-0.15, -0.1) is 0 Å². The largest absolute Gasteiger partial charge is 0.494 e. The minimum atomic E-state index is -0.277. The second-order valence-electron chi connectivity index (χ2n) is 7.48. The van der Waals surface area contributed by atoms with Gasteiger partial charge in [0.25, 0.3) is 11.1 Å². The number of nitrogens with zero attached hydrogens (tertiary/aromatic N) is 2. The lowest BCUT2D eigenvalue weighted by Gasteiger charge is -2.12. The predicted octanol–water partition coefficient (Wildman–Crippen LogP) is 6.38. The van der Waals surface area contributed by atoms with E-state index in [4.69, 9.17) is 16.3 Å².